The van der Waals surface area contributed by atoms with E-state index in [1.807, 2.05) is 17.5 Å². The van der Waals surface area contributed by atoms with Crippen LogP contribution in [0.5, 0.6) is 5.75 Å². The molecule has 0 fully saturated rings. The van der Waals surface area contributed by atoms with Crippen LogP contribution in [0.15, 0.2) is 35.7 Å². The summed E-state index contributed by atoms with van der Waals surface area (Å²) in [4.78, 5) is 23.2. The summed E-state index contributed by atoms with van der Waals surface area (Å²) in [7, 11) is 1.39. The molecule has 1 aromatic heterocycles. The molecule has 0 saturated carbocycles. The Morgan fingerprint density at radius 3 is 2.79 bits per heavy atom. The Bertz CT molecular complexity index is 607. The molecule has 0 aliphatic heterocycles. The maximum absolute atomic E-state index is 12.1. The molecule has 0 bridgehead atoms. The number of rotatable bonds is 5. The number of benzene rings is 1. The second kappa shape index (κ2) is 5.62. The van der Waals surface area contributed by atoms with Crippen molar-refractivity contribution < 1.29 is 14.5 Å². The van der Waals surface area contributed by atoms with Crippen LogP contribution in [0.2, 0.25) is 0 Å². The number of hydrogen-bond donors (Lipinski definition) is 0. The highest BCUT2D eigenvalue weighted by molar-refractivity contribution is 7.10. The normalized spacial score (nSPS) is 10.2. The SMILES string of the molecule is COc1cc([N+](=O)[O-])ccc1C(=O)Cc1cccs1. The van der Waals surface area contributed by atoms with Crippen LogP contribution in [-0.2, 0) is 6.42 Å². The van der Waals surface area contributed by atoms with Gasteiger partial charge in [0.25, 0.3) is 5.69 Å². The Balaban J connectivity index is 2.28. The van der Waals surface area contributed by atoms with Gasteiger partial charge in [0, 0.05) is 17.4 Å². The van der Waals surface area contributed by atoms with Gasteiger partial charge < -0.3 is 4.74 Å². The summed E-state index contributed by atoms with van der Waals surface area (Å²) in [5.74, 6) is 0.116. The smallest absolute Gasteiger partial charge is 0.273 e. The summed E-state index contributed by atoms with van der Waals surface area (Å²) >= 11 is 1.50. The van der Waals surface area contributed by atoms with Gasteiger partial charge in [-0.25, -0.2) is 0 Å². The number of thiophene rings is 1. The fourth-order valence-corrected chi connectivity index (χ4v) is 2.39. The van der Waals surface area contributed by atoms with E-state index < -0.39 is 4.92 Å². The van der Waals surface area contributed by atoms with Gasteiger partial charge in [-0.2, -0.15) is 0 Å². The van der Waals surface area contributed by atoms with Crippen LogP contribution in [0.1, 0.15) is 15.2 Å². The van der Waals surface area contributed by atoms with Crippen LogP contribution in [0.25, 0.3) is 0 Å². The Hall–Kier alpha value is -2.21. The topological polar surface area (TPSA) is 69.4 Å². The lowest BCUT2D eigenvalue weighted by Gasteiger charge is -2.06. The number of hydrogen-bond acceptors (Lipinski definition) is 5. The zero-order valence-electron chi connectivity index (χ0n) is 10.2. The molecule has 0 N–H and O–H groups in total. The standard InChI is InChI=1S/C13H11NO4S/c1-18-13-7-9(14(16)17)4-5-11(13)12(15)8-10-3-2-6-19-10/h2-7H,8H2,1H3. The summed E-state index contributed by atoms with van der Waals surface area (Å²) < 4.78 is 5.05. The minimum absolute atomic E-state index is 0.0930. The van der Waals surface area contributed by atoms with Gasteiger partial charge in [0.05, 0.1) is 23.7 Å². The average molecular weight is 277 g/mol. The molecule has 0 amide bonds. The van der Waals surface area contributed by atoms with Gasteiger partial charge >= 0.3 is 0 Å². The zero-order chi connectivity index (χ0) is 13.8. The molecule has 2 rings (SSSR count). The first kappa shape index (κ1) is 13.2. The molecular weight excluding hydrogens is 266 g/mol. The van der Waals surface area contributed by atoms with Gasteiger partial charge in [-0.3, -0.25) is 14.9 Å². The van der Waals surface area contributed by atoms with Crippen LogP contribution in [0.3, 0.4) is 0 Å². The fourth-order valence-electron chi connectivity index (χ4n) is 1.69. The minimum atomic E-state index is -0.518. The van der Waals surface area contributed by atoms with Gasteiger partial charge in [0.1, 0.15) is 5.75 Å². The Morgan fingerprint density at radius 1 is 1.42 bits per heavy atom. The number of nitrogens with zero attached hydrogens (tertiary/aromatic N) is 1. The number of carbonyl (C=O) groups is 1. The Kier molecular flexibility index (Phi) is 3.91. The number of ether oxygens (including phenoxy) is 1. The van der Waals surface area contributed by atoms with Crippen LogP contribution < -0.4 is 4.74 Å². The first-order valence-corrected chi connectivity index (χ1v) is 6.38. The zero-order valence-corrected chi connectivity index (χ0v) is 11.0. The number of non-ortho nitro benzene ring substituents is 1. The number of Topliss-reactive ketones (excluding diaryl/α,β-unsaturated/α-hetero) is 1. The van der Waals surface area contributed by atoms with Crippen LogP contribution >= 0.6 is 11.3 Å². The Morgan fingerprint density at radius 2 is 2.21 bits per heavy atom. The van der Waals surface area contributed by atoms with E-state index in [4.69, 9.17) is 4.74 Å². The van der Waals surface area contributed by atoms with Crippen molar-refractivity contribution in [3.63, 3.8) is 0 Å². The van der Waals surface area contributed by atoms with Gasteiger partial charge in [-0.1, -0.05) is 6.07 Å². The quantitative estimate of drug-likeness (QED) is 0.478. The van der Waals surface area contributed by atoms with Gasteiger partial charge in [-0.15, -0.1) is 11.3 Å². The summed E-state index contributed by atoms with van der Waals surface area (Å²) in [6.07, 6.45) is 0.270. The third-order valence-electron chi connectivity index (χ3n) is 2.61. The average Bonchev–Trinajstić information content (AvgIpc) is 2.90. The maximum Gasteiger partial charge on any atom is 0.273 e. The number of nitro benzene ring substituents is 1. The first-order chi connectivity index (χ1) is 9.11. The van der Waals surface area contributed by atoms with E-state index in [1.54, 1.807) is 0 Å². The van der Waals surface area contributed by atoms with Crippen LogP contribution in [0.4, 0.5) is 5.69 Å². The molecule has 5 nitrogen and oxygen atoms in total. The molecule has 0 aliphatic rings. The van der Waals surface area contributed by atoms with E-state index in [9.17, 15) is 14.9 Å². The summed E-state index contributed by atoms with van der Waals surface area (Å²) in [5.41, 5.74) is 0.269. The van der Waals surface area contributed by atoms with Crippen molar-refractivity contribution >= 4 is 22.8 Å². The van der Waals surface area contributed by atoms with Crippen molar-refractivity contribution in [2.75, 3.05) is 7.11 Å². The molecule has 6 heteroatoms. The lowest BCUT2D eigenvalue weighted by Crippen LogP contribution is -2.05. The van der Waals surface area contributed by atoms with Crippen LogP contribution in [0, 0.1) is 10.1 Å². The predicted molar refractivity (Wildman–Crippen MR) is 72.0 cm³/mol. The van der Waals surface area contributed by atoms with Crippen molar-refractivity contribution in [1.29, 1.82) is 0 Å². The fraction of sp³-hybridized carbons (Fsp3) is 0.154. The van der Waals surface area contributed by atoms with Crippen LogP contribution in [-0.4, -0.2) is 17.8 Å². The molecular formula is C13H11NO4S. The number of carbonyl (C=O) groups excluding carboxylic acids is 1. The van der Waals surface area contributed by atoms with Crippen molar-refractivity contribution in [3.8, 4) is 5.75 Å². The summed E-state index contributed by atoms with van der Waals surface area (Å²) in [6, 6.07) is 7.76. The maximum atomic E-state index is 12.1. The lowest BCUT2D eigenvalue weighted by atomic mass is 10.1. The van der Waals surface area contributed by atoms with Crippen molar-refractivity contribution in [2.45, 2.75) is 6.42 Å². The molecule has 0 saturated heterocycles. The predicted octanol–water partition coefficient (Wildman–Crippen LogP) is 3.09. The highest BCUT2D eigenvalue weighted by Crippen LogP contribution is 2.26. The van der Waals surface area contributed by atoms with E-state index in [-0.39, 0.29) is 23.6 Å². The minimum Gasteiger partial charge on any atom is -0.496 e. The molecule has 19 heavy (non-hydrogen) atoms. The molecule has 0 atom stereocenters. The number of nitro groups is 1. The summed E-state index contributed by atoms with van der Waals surface area (Å²) in [6.45, 7) is 0. The molecule has 2 aromatic rings. The highest BCUT2D eigenvalue weighted by Gasteiger charge is 2.17. The largest absolute Gasteiger partial charge is 0.496 e. The monoisotopic (exact) mass is 277 g/mol. The van der Waals surface area contributed by atoms with Gasteiger partial charge in [-0.05, 0) is 17.5 Å². The second-order valence-electron chi connectivity index (χ2n) is 3.82. The third kappa shape index (κ3) is 2.97. The highest BCUT2D eigenvalue weighted by atomic mass is 32.1. The molecule has 0 unspecified atom stereocenters. The number of methoxy groups -OCH3 is 1. The van der Waals surface area contributed by atoms with E-state index in [1.165, 1.54) is 36.6 Å². The number of ketones is 1. The summed E-state index contributed by atoms with van der Waals surface area (Å²) in [5, 5.41) is 12.6. The molecule has 98 valence electrons. The van der Waals surface area contributed by atoms with E-state index in [0.717, 1.165) is 4.88 Å². The molecule has 0 spiro atoms. The molecule has 0 aliphatic carbocycles. The van der Waals surface area contributed by atoms with Gasteiger partial charge in [0.2, 0.25) is 0 Å². The Labute approximate surface area is 113 Å². The lowest BCUT2D eigenvalue weighted by molar-refractivity contribution is -0.384. The van der Waals surface area contributed by atoms with E-state index in [2.05, 4.69) is 0 Å². The van der Waals surface area contributed by atoms with Crippen molar-refractivity contribution in [3.05, 3.63) is 56.3 Å². The van der Waals surface area contributed by atoms with Crippen molar-refractivity contribution in [1.82, 2.24) is 0 Å². The van der Waals surface area contributed by atoms with Crippen molar-refractivity contribution in [2.24, 2.45) is 0 Å². The first-order valence-electron chi connectivity index (χ1n) is 5.50. The molecule has 1 aromatic carbocycles. The molecule has 1 heterocycles. The van der Waals surface area contributed by atoms with E-state index in [0.29, 0.717) is 5.56 Å². The second-order valence-corrected chi connectivity index (χ2v) is 4.85. The van der Waals surface area contributed by atoms with E-state index >= 15 is 0 Å². The van der Waals surface area contributed by atoms with Gasteiger partial charge in [0.15, 0.2) is 5.78 Å². The third-order valence-corrected chi connectivity index (χ3v) is 3.49. The molecule has 0 radical (unpaired) electrons.